The lowest BCUT2D eigenvalue weighted by Gasteiger charge is -2.26. The standard InChI is InChI=1S/C9H19NO3S/c1-8(2)13-3-4-14(11,12)7-9-5-10-6-9/h8-10H,3-7H2,1-2H3. The molecule has 1 heterocycles. The van der Waals surface area contributed by atoms with Gasteiger partial charge < -0.3 is 10.1 Å². The molecular weight excluding hydrogens is 202 g/mol. The molecule has 1 N–H and O–H groups in total. The van der Waals surface area contributed by atoms with E-state index < -0.39 is 9.84 Å². The van der Waals surface area contributed by atoms with E-state index in [1.165, 1.54) is 0 Å². The first-order chi connectivity index (χ1) is 6.49. The van der Waals surface area contributed by atoms with Gasteiger partial charge in [0.1, 0.15) is 0 Å². The molecule has 0 aromatic heterocycles. The van der Waals surface area contributed by atoms with Crippen LogP contribution in [0.2, 0.25) is 0 Å². The second-order valence-corrected chi connectivity index (χ2v) is 6.29. The lowest BCUT2D eigenvalue weighted by molar-refractivity contribution is 0.0912. The van der Waals surface area contributed by atoms with E-state index in [1.54, 1.807) is 0 Å². The van der Waals surface area contributed by atoms with Crippen molar-refractivity contribution in [1.82, 2.24) is 5.32 Å². The average molecular weight is 221 g/mol. The maximum Gasteiger partial charge on any atom is 0.152 e. The van der Waals surface area contributed by atoms with Crippen LogP contribution in [0.4, 0.5) is 0 Å². The van der Waals surface area contributed by atoms with Crippen molar-refractivity contribution >= 4 is 9.84 Å². The maximum absolute atomic E-state index is 11.5. The van der Waals surface area contributed by atoms with Crippen LogP contribution in [0.5, 0.6) is 0 Å². The molecule has 0 atom stereocenters. The Morgan fingerprint density at radius 1 is 1.43 bits per heavy atom. The smallest absolute Gasteiger partial charge is 0.152 e. The molecule has 5 heteroatoms. The van der Waals surface area contributed by atoms with Gasteiger partial charge in [-0.25, -0.2) is 8.42 Å². The van der Waals surface area contributed by atoms with Crippen molar-refractivity contribution < 1.29 is 13.2 Å². The van der Waals surface area contributed by atoms with Crippen molar-refractivity contribution in [2.45, 2.75) is 20.0 Å². The highest BCUT2D eigenvalue weighted by atomic mass is 32.2. The van der Waals surface area contributed by atoms with Crippen LogP contribution in [0, 0.1) is 5.92 Å². The summed E-state index contributed by atoms with van der Waals surface area (Å²) in [6.07, 6.45) is 0.107. The number of nitrogens with one attached hydrogen (secondary N) is 1. The monoisotopic (exact) mass is 221 g/mol. The Balaban J connectivity index is 2.19. The number of rotatable bonds is 6. The number of ether oxygens (including phenoxy) is 1. The lowest BCUT2D eigenvalue weighted by atomic mass is 10.1. The Kier molecular flexibility index (Phi) is 4.34. The average Bonchev–Trinajstić information content (AvgIpc) is 1.96. The summed E-state index contributed by atoms with van der Waals surface area (Å²) in [5.74, 6) is 0.780. The zero-order valence-corrected chi connectivity index (χ0v) is 9.64. The van der Waals surface area contributed by atoms with Gasteiger partial charge in [-0.05, 0) is 19.8 Å². The molecule has 0 aromatic rings. The van der Waals surface area contributed by atoms with E-state index in [-0.39, 0.29) is 11.9 Å². The summed E-state index contributed by atoms with van der Waals surface area (Å²) in [4.78, 5) is 0. The van der Waals surface area contributed by atoms with Crippen molar-refractivity contribution in [3.8, 4) is 0 Å². The molecule has 14 heavy (non-hydrogen) atoms. The molecule has 1 fully saturated rings. The summed E-state index contributed by atoms with van der Waals surface area (Å²) in [5.41, 5.74) is 0. The van der Waals surface area contributed by atoms with Gasteiger partial charge in [-0.1, -0.05) is 0 Å². The van der Waals surface area contributed by atoms with Crippen LogP contribution < -0.4 is 5.32 Å². The molecule has 0 aromatic carbocycles. The Labute approximate surface area is 85.9 Å². The lowest BCUT2D eigenvalue weighted by Crippen LogP contribution is -2.46. The molecule has 0 aliphatic carbocycles. The molecule has 0 saturated carbocycles. The first-order valence-electron chi connectivity index (χ1n) is 5.02. The van der Waals surface area contributed by atoms with Gasteiger partial charge in [-0.2, -0.15) is 0 Å². The molecule has 1 aliphatic heterocycles. The topological polar surface area (TPSA) is 55.4 Å². The van der Waals surface area contributed by atoms with Gasteiger partial charge in [-0.15, -0.1) is 0 Å². The molecule has 0 unspecified atom stereocenters. The van der Waals surface area contributed by atoms with Crippen LogP contribution in [-0.2, 0) is 14.6 Å². The quantitative estimate of drug-likeness (QED) is 0.688. The fourth-order valence-corrected chi connectivity index (χ4v) is 2.79. The largest absolute Gasteiger partial charge is 0.378 e. The van der Waals surface area contributed by atoms with E-state index in [0.29, 0.717) is 18.3 Å². The van der Waals surface area contributed by atoms with Gasteiger partial charge in [-0.3, -0.25) is 0 Å². The van der Waals surface area contributed by atoms with Crippen LogP contribution in [0.25, 0.3) is 0 Å². The zero-order valence-electron chi connectivity index (χ0n) is 8.82. The molecule has 4 nitrogen and oxygen atoms in total. The molecule has 84 valence electrons. The van der Waals surface area contributed by atoms with Crippen molar-refractivity contribution in [2.75, 3.05) is 31.2 Å². The van der Waals surface area contributed by atoms with Crippen LogP contribution >= 0.6 is 0 Å². The van der Waals surface area contributed by atoms with Crippen LogP contribution in [0.3, 0.4) is 0 Å². The summed E-state index contributed by atoms with van der Waals surface area (Å²) in [5, 5.41) is 3.06. The summed E-state index contributed by atoms with van der Waals surface area (Å²) < 4.78 is 28.2. The predicted octanol–water partition coefficient (Wildman–Crippen LogP) is 0.0456. The fraction of sp³-hybridized carbons (Fsp3) is 1.00. The third-order valence-electron chi connectivity index (χ3n) is 2.20. The Morgan fingerprint density at radius 3 is 2.50 bits per heavy atom. The van der Waals surface area contributed by atoms with Crippen LogP contribution in [0.15, 0.2) is 0 Å². The molecular formula is C9H19NO3S. The molecule has 1 saturated heterocycles. The van der Waals surface area contributed by atoms with Gasteiger partial charge in [0.15, 0.2) is 9.84 Å². The van der Waals surface area contributed by atoms with E-state index in [0.717, 1.165) is 13.1 Å². The molecule has 1 aliphatic rings. The number of hydrogen-bond donors (Lipinski definition) is 1. The highest BCUT2D eigenvalue weighted by molar-refractivity contribution is 7.91. The van der Waals surface area contributed by atoms with Crippen molar-refractivity contribution in [3.05, 3.63) is 0 Å². The maximum atomic E-state index is 11.5. The van der Waals surface area contributed by atoms with Gasteiger partial charge in [0.05, 0.1) is 24.2 Å². The first kappa shape index (κ1) is 11.9. The number of hydrogen-bond acceptors (Lipinski definition) is 4. The van der Waals surface area contributed by atoms with Crippen LogP contribution in [0.1, 0.15) is 13.8 Å². The van der Waals surface area contributed by atoms with Gasteiger partial charge >= 0.3 is 0 Å². The van der Waals surface area contributed by atoms with E-state index in [2.05, 4.69) is 5.32 Å². The third-order valence-corrected chi connectivity index (χ3v) is 3.97. The first-order valence-corrected chi connectivity index (χ1v) is 6.84. The van der Waals surface area contributed by atoms with Crippen molar-refractivity contribution in [3.63, 3.8) is 0 Å². The minimum atomic E-state index is -2.90. The van der Waals surface area contributed by atoms with Gasteiger partial charge in [0.2, 0.25) is 0 Å². The fourth-order valence-electron chi connectivity index (χ4n) is 1.32. The molecule has 0 amide bonds. The molecule has 0 bridgehead atoms. The van der Waals surface area contributed by atoms with E-state index >= 15 is 0 Å². The minimum absolute atomic E-state index is 0.107. The summed E-state index contributed by atoms with van der Waals surface area (Å²) in [6, 6.07) is 0. The second-order valence-electron chi connectivity index (χ2n) is 4.06. The van der Waals surface area contributed by atoms with Gasteiger partial charge in [0, 0.05) is 13.1 Å². The Morgan fingerprint density at radius 2 is 2.07 bits per heavy atom. The normalized spacial score (nSPS) is 18.5. The van der Waals surface area contributed by atoms with E-state index in [9.17, 15) is 8.42 Å². The van der Waals surface area contributed by atoms with Crippen molar-refractivity contribution in [2.24, 2.45) is 5.92 Å². The highest BCUT2D eigenvalue weighted by Crippen LogP contribution is 2.07. The second kappa shape index (κ2) is 5.09. The predicted molar refractivity (Wildman–Crippen MR) is 56.1 cm³/mol. The Bertz CT molecular complexity index is 257. The van der Waals surface area contributed by atoms with Crippen LogP contribution in [-0.4, -0.2) is 45.7 Å². The van der Waals surface area contributed by atoms with Crippen molar-refractivity contribution in [1.29, 1.82) is 0 Å². The number of sulfone groups is 1. The third kappa shape index (κ3) is 4.39. The molecule has 1 rings (SSSR count). The summed E-state index contributed by atoms with van der Waals surface area (Å²) >= 11 is 0. The van der Waals surface area contributed by atoms with Gasteiger partial charge in [0.25, 0.3) is 0 Å². The molecule has 0 radical (unpaired) electrons. The van der Waals surface area contributed by atoms with E-state index in [1.807, 2.05) is 13.8 Å². The minimum Gasteiger partial charge on any atom is -0.378 e. The Hall–Kier alpha value is -0.130. The van der Waals surface area contributed by atoms with E-state index in [4.69, 9.17) is 4.74 Å². The SMILES string of the molecule is CC(C)OCCS(=O)(=O)CC1CNC1. The highest BCUT2D eigenvalue weighted by Gasteiger charge is 2.23. The summed E-state index contributed by atoms with van der Waals surface area (Å²) in [6.45, 7) is 5.81. The zero-order chi connectivity index (χ0) is 10.6. The molecule has 0 spiro atoms. The summed E-state index contributed by atoms with van der Waals surface area (Å²) in [7, 11) is -2.90.